The van der Waals surface area contributed by atoms with Gasteiger partial charge in [-0.2, -0.15) is 9.61 Å². The Morgan fingerprint density at radius 3 is 2.85 bits per heavy atom. The van der Waals surface area contributed by atoms with Crippen LogP contribution in [0.5, 0.6) is 5.75 Å². The molecule has 6 nitrogen and oxygen atoms in total. The molecule has 4 aromatic rings. The SMILES string of the molecule is [B]c1cnn2c(NCC3CCCN(Cc4ccccc4OC)C3)cc(-c3ccccc3Cl)nc12. The summed E-state index contributed by atoms with van der Waals surface area (Å²) in [4.78, 5) is 7.24. The van der Waals surface area contributed by atoms with Crippen molar-refractivity contribution in [2.45, 2.75) is 19.4 Å². The second kappa shape index (κ2) is 10.1. The van der Waals surface area contributed by atoms with Gasteiger partial charge in [0, 0.05) is 48.0 Å². The molecule has 2 radical (unpaired) electrons. The van der Waals surface area contributed by atoms with E-state index >= 15 is 0 Å². The van der Waals surface area contributed by atoms with Crippen LogP contribution in [0.2, 0.25) is 5.02 Å². The van der Waals surface area contributed by atoms with Gasteiger partial charge in [0.05, 0.1) is 12.8 Å². The maximum atomic E-state index is 6.45. The monoisotopic (exact) mass is 471 g/mol. The zero-order valence-electron chi connectivity index (χ0n) is 19.2. The largest absolute Gasteiger partial charge is 0.496 e. The van der Waals surface area contributed by atoms with Gasteiger partial charge in [0.25, 0.3) is 0 Å². The molecule has 0 amide bonds. The lowest BCUT2D eigenvalue weighted by molar-refractivity contribution is 0.171. The second-order valence-electron chi connectivity index (χ2n) is 8.78. The standard InChI is InChI=1S/C26H27BClN5O/c1-34-24-11-5-2-8-19(24)17-32-12-6-7-18(16-32)14-29-25-13-23(20-9-3-4-10-22(20)28)31-26-21(27)15-30-33(25)26/h2-5,8-11,13,15,18,29H,6-7,12,14,16-17H2,1H3. The molecule has 34 heavy (non-hydrogen) atoms. The van der Waals surface area contributed by atoms with Crippen molar-refractivity contribution in [2.24, 2.45) is 5.92 Å². The van der Waals surface area contributed by atoms with Gasteiger partial charge in [-0.25, -0.2) is 4.98 Å². The number of aromatic nitrogens is 3. The van der Waals surface area contributed by atoms with Crippen molar-refractivity contribution >= 4 is 36.4 Å². The van der Waals surface area contributed by atoms with Gasteiger partial charge in [0.15, 0.2) is 5.65 Å². The number of fused-ring (bicyclic) bond motifs is 1. The van der Waals surface area contributed by atoms with Crippen molar-refractivity contribution in [2.75, 3.05) is 32.1 Å². The van der Waals surface area contributed by atoms with Gasteiger partial charge in [-0.1, -0.05) is 48.0 Å². The highest BCUT2D eigenvalue weighted by atomic mass is 35.5. The van der Waals surface area contributed by atoms with E-state index in [-0.39, 0.29) is 0 Å². The van der Waals surface area contributed by atoms with Crippen molar-refractivity contribution in [3.8, 4) is 17.0 Å². The molecule has 1 unspecified atom stereocenters. The summed E-state index contributed by atoms with van der Waals surface area (Å²) < 4.78 is 7.31. The van der Waals surface area contributed by atoms with Crippen LogP contribution in [0.4, 0.5) is 5.82 Å². The molecule has 1 fully saturated rings. The number of para-hydroxylation sites is 1. The molecule has 0 saturated carbocycles. The fraction of sp³-hybridized carbons (Fsp3) is 0.308. The number of nitrogens with one attached hydrogen (secondary N) is 1. The molecular weight excluding hydrogens is 445 g/mol. The minimum Gasteiger partial charge on any atom is -0.496 e. The first-order chi connectivity index (χ1) is 16.6. The third-order valence-electron chi connectivity index (χ3n) is 6.41. The van der Waals surface area contributed by atoms with Crippen LogP contribution >= 0.6 is 11.6 Å². The van der Waals surface area contributed by atoms with E-state index in [1.807, 2.05) is 42.5 Å². The second-order valence-corrected chi connectivity index (χ2v) is 9.19. The van der Waals surface area contributed by atoms with Crippen LogP contribution < -0.4 is 15.5 Å². The van der Waals surface area contributed by atoms with Crippen LogP contribution in [0.15, 0.2) is 60.8 Å². The van der Waals surface area contributed by atoms with Crippen molar-refractivity contribution in [3.05, 3.63) is 71.4 Å². The molecule has 1 N–H and O–H groups in total. The van der Waals surface area contributed by atoms with Crippen molar-refractivity contribution in [1.82, 2.24) is 19.5 Å². The molecule has 3 heterocycles. The summed E-state index contributed by atoms with van der Waals surface area (Å²) in [6.45, 7) is 3.86. The molecule has 2 aromatic carbocycles. The van der Waals surface area contributed by atoms with Gasteiger partial charge in [-0.05, 0) is 42.9 Å². The molecule has 1 aliphatic rings. The Balaban J connectivity index is 1.33. The summed E-state index contributed by atoms with van der Waals surface area (Å²) in [5.74, 6) is 2.33. The van der Waals surface area contributed by atoms with E-state index < -0.39 is 0 Å². The molecule has 0 aliphatic carbocycles. The number of anilines is 1. The first kappa shape index (κ1) is 22.8. The Bertz CT molecular complexity index is 1290. The number of halogens is 1. The lowest BCUT2D eigenvalue weighted by Gasteiger charge is -2.33. The van der Waals surface area contributed by atoms with Crippen molar-refractivity contribution in [3.63, 3.8) is 0 Å². The van der Waals surface area contributed by atoms with Crippen LogP contribution in [-0.4, -0.2) is 54.1 Å². The summed E-state index contributed by atoms with van der Waals surface area (Å²) >= 11 is 6.45. The maximum absolute atomic E-state index is 6.45. The number of ether oxygens (including phenoxy) is 1. The first-order valence-corrected chi connectivity index (χ1v) is 12.0. The number of hydrogen-bond acceptors (Lipinski definition) is 5. The number of hydrogen-bond donors (Lipinski definition) is 1. The first-order valence-electron chi connectivity index (χ1n) is 11.6. The Morgan fingerprint density at radius 2 is 2.00 bits per heavy atom. The molecule has 8 heteroatoms. The molecule has 172 valence electrons. The lowest BCUT2D eigenvalue weighted by atomic mass is 9.97. The van der Waals surface area contributed by atoms with E-state index in [1.54, 1.807) is 17.8 Å². The van der Waals surface area contributed by atoms with E-state index in [4.69, 9.17) is 29.2 Å². The average molecular weight is 472 g/mol. The van der Waals surface area contributed by atoms with Gasteiger partial charge < -0.3 is 10.1 Å². The highest BCUT2D eigenvalue weighted by Gasteiger charge is 2.21. The Hall–Kier alpha value is -3.03. The minimum absolute atomic E-state index is 0.517. The molecule has 1 saturated heterocycles. The predicted octanol–water partition coefficient (Wildman–Crippen LogP) is 4.18. The summed E-state index contributed by atoms with van der Waals surface area (Å²) in [5.41, 5.74) is 4.04. The average Bonchev–Trinajstić information content (AvgIpc) is 3.24. The minimum atomic E-state index is 0.517. The highest BCUT2D eigenvalue weighted by molar-refractivity contribution is 6.36. The third-order valence-corrected chi connectivity index (χ3v) is 6.74. The zero-order chi connectivity index (χ0) is 23.5. The van der Waals surface area contributed by atoms with Gasteiger partial charge in [0.1, 0.15) is 19.4 Å². The number of rotatable bonds is 7. The van der Waals surface area contributed by atoms with Crippen LogP contribution in [0, 0.1) is 5.92 Å². The predicted molar refractivity (Wildman–Crippen MR) is 138 cm³/mol. The number of nitrogens with zero attached hydrogens (tertiary/aromatic N) is 4. The molecular formula is C26H27BClN5O. The summed E-state index contributed by atoms with van der Waals surface area (Å²) in [6, 6.07) is 18.0. The lowest BCUT2D eigenvalue weighted by Crippen LogP contribution is -2.37. The zero-order valence-corrected chi connectivity index (χ0v) is 20.0. The number of likely N-dealkylation sites (tertiary alicyclic amines) is 1. The Kier molecular flexibility index (Phi) is 6.74. The van der Waals surface area contributed by atoms with Gasteiger partial charge >= 0.3 is 0 Å². The fourth-order valence-electron chi connectivity index (χ4n) is 4.70. The van der Waals surface area contributed by atoms with E-state index in [0.717, 1.165) is 49.0 Å². The van der Waals surface area contributed by atoms with E-state index in [1.165, 1.54) is 18.4 Å². The third kappa shape index (κ3) is 4.77. The Morgan fingerprint density at radius 1 is 1.18 bits per heavy atom. The maximum Gasteiger partial charge on any atom is 0.150 e. The smallest absolute Gasteiger partial charge is 0.150 e. The number of methoxy groups -OCH3 is 1. The van der Waals surface area contributed by atoms with Gasteiger partial charge in [0.2, 0.25) is 0 Å². The van der Waals surface area contributed by atoms with Crippen molar-refractivity contribution < 1.29 is 4.74 Å². The van der Waals surface area contributed by atoms with Gasteiger partial charge in [-0.3, -0.25) is 4.90 Å². The highest BCUT2D eigenvalue weighted by Crippen LogP contribution is 2.29. The molecule has 1 aliphatic heterocycles. The molecule has 0 spiro atoms. The molecule has 0 bridgehead atoms. The van der Waals surface area contributed by atoms with E-state index in [0.29, 0.717) is 22.1 Å². The molecule has 5 rings (SSSR count). The fourth-order valence-corrected chi connectivity index (χ4v) is 4.93. The van der Waals surface area contributed by atoms with Crippen LogP contribution in [0.3, 0.4) is 0 Å². The topological polar surface area (TPSA) is 54.7 Å². The van der Waals surface area contributed by atoms with E-state index in [9.17, 15) is 0 Å². The quantitative estimate of drug-likeness (QED) is 0.410. The summed E-state index contributed by atoms with van der Waals surface area (Å²) in [5, 5.41) is 8.71. The van der Waals surface area contributed by atoms with E-state index in [2.05, 4.69) is 27.4 Å². The number of piperidine rings is 1. The Labute approximate surface area is 206 Å². The normalized spacial score (nSPS) is 16.6. The van der Waals surface area contributed by atoms with Gasteiger partial charge in [-0.15, -0.1) is 0 Å². The molecule has 1 atom stereocenters. The summed E-state index contributed by atoms with van der Waals surface area (Å²) in [7, 11) is 7.89. The van der Waals surface area contributed by atoms with Crippen LogP contribution in [0.1, 0.15) is 18.4 Å². The number of benzene rings is 2. The molecule has 2 aromatic heterocycles. The van der Waals surface area contributed by atoms with Crippen molar-refractivity contribution in [1.29, 1.82) is 0 Å². The summed E-state index contributed by atoms with van der Waals surface area (Å²) in [6.07, 6.45) is 3.99. The van der Waals surface area contributed by atoms with Crippen LogP contribution in [0.25, 0.3) is 16.9 Å². The van der Waals surface area contributed by atoms with Crippen LogP contribution in [-0.2, 0) is 6.54 Å².